The first-order chi connectivity index (χ1) is 7.82. The number of hydrogen-bond donors (Lipinski definition) is 0. The molecule has 94 valence electrons. The molecule has 0 fully saturated rings. The van der Waals surface area contributed by atoms with Crippen molar-refractivity contribution in [3.63, 3.8) is 0 Å². The van der Waals surface area contributed by atoms with Gasteiger partial charge in [0.15, 0.2) is 0 Å². The molecule has 0 aliphatic carbocycles. The molecule has 1 rings (SSSR count). The van der Waals surface area contributed by atoms with E-state index in [1.54, 1.807) is 0 Å². The van der Waals surface area contributed by atoms with E-state index in [1.165, 1.54) is 0 Å². The summed E-state index contributed by atoms with van der Waals surface area (Å²) in [6.07, 6.45) is 0. The lowest BCUT2D eigenvalue weighted by Crippen LogP contribution is -2.33. The number of carbonyl (C=O) groups excluding carboxylic acids is 1. The van der Waals surface area contributed by atoms with E-state index in [4.69, 9.17) is 0 Å². The Morgan fingerprint density at radius 2 is 1.71 bits per heavy atom. The monoisotopic (exact) mass is 233 g/mol. The second-order valence-corrected chi connectivity index (χ2v) is 5.84. The average molecular weight is 233 g/mol. The van der Waals surface area contributed by atoms with Crippen LogP contribution in [0, 0.1) is 5.41 Å². The molecule has 0 aromatic heterocycles. The van der Waals surface area contributed by atoms with Crippen LogP contribution in [0.15, 0.2) is 30.3 Å². The predicted molar refractivity (Wildman–Crippen MR) is 72.2 cm³/mol. The third-order valence-electron chi connectivity index (χ3n) is 2.81. The van der Waals surface area contributed by atoms with Crippen molar-refractivity contribution >= 4 is 5.78 Å². The van der Waals surface area contributed by atoms with Crippen molar-refractivity contribution in [1.29, 1.82) is 0 Å². The second-order valence-electron chi connectivity index (χ2n) is 5.84. The molecule has 0 saturated carbocycles. The van der Waals surface area contributed by atoms with Gasteiger partial charge in [0.2, 0.25) is 0 Å². The fraction of sp³-hybridized carbons (Fsp3) is 0.533. The van der Waals surface area contributed by atoms with Crippen LogP contribution in [0.25, 0.3) is 0 Å². The minimum Gasteiger partial charge on any atom is -0.308 e. The van der Waals surface area contributed by atoms with Gasteiger partial charge in [-0.05, 0) is 19.7 Å². The van der Waals surface area contributed by atoms with Crippen LogP contribution in [0.4, 0.5) is 0 Å². The fourth-order valence-electron chi connectivity index (χ4n) is 1.91. The maximum absolute atomic E-state index is 12.5. The molecule has 0 bridgehead atoms. The number of rotatable bonds is 4. The largest absolute Gasteiger partial charge is 0.308 e. The molecular formula is C15H23NO. The van der Waals surface area contributed by atoms with E-state index < -0.39 is 0 Å². The molecule has 0 N–H and O–H groups in total. The topological polar surface area (TPSA) is 20.3 Å². The fourth-order valence-corrected chi connectivity index (χ4v) is 1.91. The normalized spacial score (nSPS) is 13.8. The number of benzene rings is 1. The van der Waals surface area contributed by atoms with Crippen molar-refractivity contribution in [2.24, 2.45) is 5.41 Å². The third kappa shape index (κ3) is 3.97. The highest BCUT2D eigenvalue weighted by Crippen LogP contribution is 2.27. The molecule has 2 heteroatoms. The van der Waals surface area contributed by atoms with E-state index in [1.807, 2.05) is 65.2 Å². The summed E-state index contributed by atoms with van der Waals surface area (Å²) in [5.74, 6) is 0.267. The smallest absolute Gasteiger partial charge is 0.146 e. The summed E-state index contributed by atoms with van der Waals surface area (Å²) in [5, 5.41) is 0. The van der Waals surface area contributed by atoms with E-state index >= 15 is 0 Å². The van der Waals surface area contributed by atoms with Crippen LogP contribution in [0.5, 0.6) is 0 Å². The molecule has 0 spiro atoms. The first-order valence-corrected chi connectivity index (χ1v) is 6.06. The minimum absolute atomic E-state index is 0.0359. The van der Waals surface area contributed by atoms with E-state index in [9.17, 15) is 4.79 Å². The first kappa shape index (κ1) is 13.9. The van der Waals surface area contributed by atoms with Gasteiger partial charge in [0.25, 0.3) is 0 Å². The number of likely N-dealkylation sites (N-methyl/N-ethyl adjacent to an activating group) is 1. The third-order valence-corrected chi connectivity index (χ3v) is 2.81. The van der Waals surface area contributed by atoms with Gasteiger partial charge in [-0.25, -0.2) is 0 Å². The van der Waals surface area contributed by atoms with Gasteiger partial charge in [-0.1, -0.05) is 51.1 Å². The van der Waals surface area contributed by atoms with Gasteiger partial charge in [0.1, 0.15) is 5.78 Å². The van der Waals surface area contributed by atoms with Crippen LogP contribution in [0.3, 0.4) is 0 Å². The number of carbonyl (C=O) groups is 1. The van der Waals surface area contributed by atoms with E-state index in [0.29, 0.717) is 5.78 Å². The molecule has 1 atom stereocenters. The summed E-state index contributed by atoms with van der Waals surface area (Å²) in [6.45, 7) is 6.73. The molecule has 0 amide bonds. The highest BCUT2D eigenvalue weighted by atomic mass is 16.1. The molecule has 1 aromatic carbocycles. The van der Waals surface area contributed by atoms with Crippen LogP contribution >= 0.6 is 0 Å². The zero-order valence-corrected chi connectivity index (χ0v) is 11.5. The highest BCUT2D eigenvalue weighted by molar-refractivity contribution is 5.90. The number of hydrogen-bond acceptors (Lipinski definition) is 2. The van der Waals surface area contributed by atoms with Crippen LogP contribution < -0.4 is 0 Å². The van der Waals surface area contributed by atoms with Crippen molar-refractivity contribution in [3.8, 4) is 0 Å². The molecule has 0 radical (unpaired) electrons. The Kier molecular flexibility index (Phi) is 4.47. The van der Waals surface area contributed by atoms with Gasteiger partial charge in [-0.2, -0.15) is 0 Å². The summed E-state index contributed by atoms with van der Waals surface area (Å²) in [4.78, 5) is 14.5. The maximum Gasteiger partial charge on any atom is 0.146 e. The Bertz CT molecular complexity index is 362. The van der Waals surface area contributed by atoms with Crippen LogP contribution in [-0.2, 0) is 4.79 Å². The average Bonchev–Trinajstić information content (AvgIpc) is 2.24. The molecule has 0 saturated heterocycles. The summed E-state index contributed by atoms with van der Waals surface area (Å²) < 4.78 is 0. The van der Waals surface area contributed by atoms with E-state index in [0.717, 1.165) is 12.1 Å². The second kappa shape index (κ2) is 5.46. The molecule has 1 aromatic rings. The first-order valence-electron chi connectivity index (χ1n) is 6.06. The summed E-state index contributed by atoms with van der Waals surface area (Å²) >= 11 is 0. The minimum atomic E-state index is -0.295. The van der Waals surface area contributed by atoms with Crippen molar-refractivity contribution in [2.75, 3.05) is 20.6 Å². The molecule has 0 aliphatic rings. The Morgan fingerprint density at radius 1 is 1.18 bits per heavy atom. The number of Topliss-reactive ketones (excluding diaryl/α,β-unsaturated/α-hetero) is 1. The summed E-state index contributed by atoms with van der Waals surface area (Å²) in [7, 11) is 4.01. The van der Waals surface area contributed by atoms with Crippen molar-refractivity contribution in [1.82, 2.24) is 4.90 Å². The zero-order valence-electron chi connectivity index (χ0n) is 11.5. The number of nitrogens with zero attached hydrogens (tertiary/aromatic N) is 1. The standard InChI is InChI=1S/C15H23NO/c1-15(2,3)14(17)13(11-16(4)5)12-9-7-6-8-10-12/h6-10,13H,11H2,1-5H3. The molecular weight excluding hydrogens is 210 g/mol. The van der Waals surface area contributed by atoms with E-state index in [-0.39, 0.29) is 11.3 Å². The molecule has 17 heavy (non-hydrogen) atoms. The Hall–Kier alpha value is -1.15. The quantitative estimate of drug-likeness (QED) is 0.797. The summed E-state index contributed by atoms with van der Waals surface area (Å²) in [5.41, 5.74) is 0.817. The Morgan fingerprint density at radius 3 is 2.12 bits per heavy atom. The molecule has 2 nitrogen and oxygen atoms in total. The van der Waals surface area contributed by atoms with Gasteiger partial charge in [0, 0.05) is 12.0 Å². The van der Waals surface area contributed by atoms with Crippen LogP contribution in [0.1, 0.15) is 32.3 Å². The van der Waals surface area contributed by atoms with Crippen molar-refractivity contribution in [2.45, 2.75) is 26.7 Å². The lowest BCUT2D eigenvalue weighted by atomic mass is 9.79. The van der Waals surface area contributed by atoms with Gasteiger partial charge in [0.05, 0.1) is 5.92 Å². The zero-order chi connectivity index (χ0) is 13.1. The van der Waals surface area contributed by atoms with Gasteiger partial charge >= 0.3 is 0 Å². The lowest BCUT2D eigenvalue weighted by Gasteiger charge is -2.27. The van der Waals surface area contributed by atoms with Crippen molar-refractivity contribution < 1.29 is 4.79 Å². The maximum atomic E-state index is 12.5. The Labute approximate surface area is 105 Å². The Balaban J connectivity index is 3.01. The predicted octanol–water partition coefficient (Wildman–Crippen LogP) is 2.95. The number of ketones is 1. The van der Waals surface area contributed by atoms with Gasteiger partial charge in [-0.3, -0.25) is 4.79 Å². The van der Waals surface area contributed by atoms with Crippen LogP contribution in [-0.4, -0.2) is 31.3 Å². The van der Waals surface area contributed by atoms with Crippen molar-refractivity contribution in [3.05, 3.63) is 35.9 Å². The summed E-state index contributed by atoms with van der Waals surface area (Å²) in [6, 6.07) is 10.1. The van der Waals surface area contributed by atoms with Crippen LogP contribution in [0.2, 0.25) is 0 Å². The lowest BCUT2D eigenvalue weighted by molar-refractivity contribution is -0.128. The van der Waals surface area contributed by atoms with E-state index in [2.05, 4.69) is 4.90 Å². The highest BCUT2D eigenvalue weighted by Gasteiger charge is 2.30. The molecule has 1 unspecified atom stereocenters. The van der Waals surface area contributed by atoms with Gasteiger partial charge < -0.3 is 4.90 Å². The van der Waals surface area contributed by atoms with Gasteiger partial charge in [-0.15, -0.1) is 0 Å². The molecule has 0 aliphatic heterocycles. The SMILES string of the molecule is CN(C)CC(C(=O)C(C)(C)C)c1ccccc1. The molecule has 0 heterocycles.